The lowest BCUT2D eigenvalue weighted by Crippen LogP contribution is -2.41. The minimum atomic E-state index is -0.271. The topological polar surface area (TPSA) is 81.2 Å². The minimum Gasteiger partial charge on any atom is -0.490 e. The van der Waals surface area contributed by atoms with Gasteiger partial charge in [-0.3, -0.25) is 0 Å². The molecule has 190 valence electrons. The van der Waals surface area contributed by atoms with E-state index in [1.165, 1.54) is 24.8 Å². The van der Waals surface area contributed by atoms with E-state index in [2.05, 4.69) is 41.8 Å². The van der Waals surface area contributed by atoms with Gasteiger partial charge in [0.05, 0.1) is 12.8 Å². The molecule has 3 rings (SSSR count). The molecule has 35 heavy (non-hydrogen) atoms. The summed E-state index contributed by atoms with van der Waals surface area (Å²) in [5.41, 5.74) is 4.67. The molecule has 2 aromatic carbocycles. The highest BCUT2D eigenvalue weighted by Gasteiger charge is 2.15. The van der Waals surface area contributed by atoms with E-state index in [1.54, 1.807) is 6.21 Å². The van der Waals surface area contributed by atoms with Gasteiger partial charge in [-0.05, 0) is 73.6 Å². The fraction of sp³-hybridized carbons (Fsp3) is 0.500. The van der Waals surface area contributed by atoms with Gasteiger partial charge in [0.2, 0.25) is 0 Å². The van der Waals surface area contributed by atoms with Crippen LogP contribution in [0.3, 0.4) is 0 Å². The summed E-state index contributed by atoms with van der Waals surface area (Å²) in [7, 11) is 0. The Bertz CT molecular complexity index is 940. The number of carbonyl (C=O) groups is 1. The summed E-state index contributed by atoms with van der Waals surface area (Å²) in [6, 6.07) is 13.8. The SMILES string of the molecule is CCOc1cc(/C=N\NC(=O)NC2CCCCC2)ccc1OCCOc1ccc([C@@H](C)CC)cc1. The number of hydrogen-bond donors (Lipinski definition) is 2. The largest absolute Gasteiger partial charge is 0.490 e. The van der Waals surface area contributed by atoms with E-state index in [0.717, 1.165) is 30.6 Å². The molecule has 0 saturated heterocycles. The van der Waals surface area contributed by atoms with Gasteiger partial charge in [0.1, 0.15) is 19.0 Å². The Balaban J connectivity index is 1.46. The Morgan fingerprint density at radius 3 is 2.46 bits per heavy atom. The van der Waals surface area contributed by atoms with Crippen molar-refractivity contribution in [1.29, 1.82) is 0 Å². The summed E-state index contributed by atoms with van der Waals surface area (Å²) in [5, 5.41) is 7.04. The molecule has 0 radical (unpaired) electrons. The lowest BCUT2D eigenvalue weighted by Gasteiger charge is -2.22. The molecular formula is C28H39N3O4. The van der Waals surface area contributed by atoms with Crippen LogP contribution in [0.5, 0.6) is 17.2 Å². The average Bonchev–Trinajstić information content (AvgIpc) is 2.88. The molecule has 7 heteroatoms. The second kappa shape index (κ2) is 14.2. The molecule has 0 spiro atoms. The zero-order chi connectivity index (χ0) is 24.9. The van der Waals surface area contributed by atoms with Gasteiger partial charge in [-0.15, -0.1) is 0 Å². The van der Waals surface area contributed by atoms with Crippen LogP contribution in [-0.4, -0.2) is 38.1 Å². The summed E-state index contributed by atoms with van der Waals surface area (Å²) in [4.78, 5) is 12.0. The molecule has 0 unspecified atom stereocenters. The standard InChI is InChI=1S/C28H39N3O4/c1-4-21(3)23-12-14-25(15-13-23)34-17-18-35-26-16-11-22(19-27(26)33-5-2)20-29-31-28(32)30-24-9-7-6-8-10-24/h11-16,19-21,24H,4-10,17-18H2,1-3H3,(H2,30,31,32)/b29-20-/t21-/m0/s1. The fourth-order valence-electron chi connectivity index (χ4n) is 4.06. The number of rotatable bonds is 12. The molecule has 2 aromatic rings. The van der Waals surface area contributed by atoms with Crippen molar-refractivity contribution in [2.45, 2.75) is 71.3 Å². The number of carbonyl (C=O) groups excluding carboxylic acids is 1. The van der Waals surface area contributed by atoms with Crippen molar-refractivity contribution in [3.05, 3.63) is 53.6 Å². The normalized spacial score (nSPS) is 14.9. The Hall–Kier alpha value is -3.22. The Morgan fingerprint density at radius 1 is 1.00 bits per heavy atom. The van der Waals surface area contributed by atoms with E-state index in [0.29, 0.717) is 37.2 Å². The smallest absolute Gasteiger partial charge is 0.335 e. The third-order valence-electron chi connectivity index (χ3n) is 6.26. The molecule has 1 saturated carbocycles. The van der Waals surface area contributed by atoms with Gasteiger partial charge in [-0.1, -0.05) is 45.2 Å². The summed E-state index contributed by atoms with van der Waals surface area (Å²) in [5.74, 6) is 2.65. The van der Waals surface area contributed by atoms with E-state index < -0.39 is 0 Å². The Morgan fingerprint density at radius 2 is 1.74 bits per heavy atom. The van der Waals surface area contributed by atoms with Crippen LogP contribution in [0.15, 0.2) is 47.6 Å². The number of amides is 2. The molecule has 7 nitrogen and oxygen atoms in total. The van der Waals surface area contributed by atoms with E-state index in [-0.39, 0.29) is 12.1 Å². The highest BCUT2D eigenvalue weighted by molar-refractivity contribution is 5.82. The molecule has 1 fully saturated rings. The van der Waals surface area contributed by atoms with Crippen molar-refractivity contribution in [2.75, 3.05) is 19.8 Å². The van der Waals surface area contributed by atoms with Crippen molar-refractivity contribution in [2.24, 2.45) is 5.10 Å². The van der Waals surface area contributed by atoms with Crippen molar-refractivity contribution >= 4 is 12.2 Å². The third kappa shape index (κ3) is 8.81. The number of urea groups is 1. The molecule has 0 aliphatic heterocycles. The quantitative estimate of drug-likeness (QED) is 0.221. The van der Waals surface area contributed by atoms with Crippen molar-refractivity contribution in [3.63, 3.8) is 0 Å². The number of hydrogen-bond acceptors (Lipinski definition) is 5. The van der Waals surface area contributed by atoms with Crippen LogP contribution in [0.1, 0.15) is 76.3 Å². The fourth-order valence-corrected chi connectivity index (χ4v) is 4.06. The molecule has 1 atom stereocenters. The van der Waals surface area contributed by atoms with Gasteiger partial charge in [0.15, 0.2) is 11.5 Å². The number of nitrogens with one attached hydrogen (secondary N) is 2. The number of hydrazone groups is 1. The zero-order valence-corrected chi connectivity index (χ0v) is 21.2. The number of nitrogens with zero attached hydrogens (tertiary/aromatic N) is 1. The molecule has 2 N–H and O–H groups in total. The van der Waals surface area contributed by atoms with Gasteiger partial charge in [-0.25, -0.2) is 10.2 Å². The highest BCUT2D eigenvalue weighted by Crippen LogP contribution is 2.28. The maximum absolute atomic E-state index is 12.0. The lowest BCUT2D eigenvalue weighted by atomic mass is 9.96. The van der Waals surface area contributed by atoms with E-state index in [1.807, 2.05) is 37.3 Å². The van der Waals surface area contributed by atoms with Crippen LogP contribution in [-0.2, 0) is 0 Å². The van der Waals surface area contributed by atoms with Crippen LogP contribution >= 0.6 is 0 Å². The summed E-state index contributed by atoms with van der Waals surface area (Å²) >= 11 is 0. The maximum Gasteiger partial charge on any atom is 0.335 e. The maximum atomic E-state index is 12.0. The monoisotopic (exact) mass is 481 g/mol. The van der Waals surface area contributed by atoms with E-state index >= 15 is 0 Å². The molecule has 0 heterocycles. The van der Waals surface area contributed by atoms with Crippen molar-refractivity contribution in [3.8, 4) is 17.2 Å². The first-order chi connectivity index (χ1) is 17.1. The summed E-state index contributed by atoms with van der Waals surface area (Å²) in [6.07, 6.45) is 8.36. The molecule has 1 aliphatic carbocycles. The van der Waals surface area contributed by atoms with Gasteiger partial charge < -0.3 is 19.5 Å². The van der Waals surface area contributed by atoms with E-state index in [4.69, 9.17) is 14.2 Å². The zero-order valence-electron chi connectivity index (χ0n) is 21.2. The molecule has 0 bridgehead atoms. The van der Waals surface area contributed by atoms with Crippen LogP contribution in [0.25, 0.3) is 0 Å². The van der Waals surface area contributed by atoms with Gasteiger partial charge in [0, 0.05) is 6.04 Å². The Kier molecular flexibility index (Phi) is 10.7. The first-order valence-electron chi connectivity index (χ1n) is 12.8. The van der Waals surface area contributed by atoms with Crippen molar-refractivity contribution < 1.29 is 19.0 Å². The van der Waals surface area contributed by atoms with Crippen LogP contribution in [0.4, 0.5) is 4.79 Å². The van der Waals surface area contributed by atoms with Gasteiger partial charge >= 0.3 is 6.03 Å². The summed E-state index contributed by atoms with van der Waals surface area (Å²) < 4.78 is 17.5. The van der Waals surface area contributed by atoms with Gasteiger partial charge in [-0.2, -0.15) is 5.10 Å². The first kappa shape index (κ1) is 26.4. The second-order valence-electron chi connectivity index (χ2n) is 8.89. The predicted octanol–water partition coefficient (Wildman–Crippen LogP) is 6.02. The van der Waals surface area contributed by atoms with Gasteiger partial charge in [0.25, 0.3) is 0 Å². The summed E-state index contributed by atoms with van der Waals surface area (Å²) in [6.45, 7) is 7.67. The lowest BCUT2D eigenvalue weighted by molar-refractivity contribution is 0.208. The Labute approximate surface area is 209 Å². The number of benzene rings is 2. The average molecular weight is 482 g/mol. The van der Waals surface area contributed by atoms with Crippen molar-refractivity contribution in [1.82, 2.24) is 10.7 Å². The molecule has 1 aliphatic rings. The minimum absolute atomic E-state index is 0.244. The predicted molar refractivity (Wildman–Crippen MR) is 140 cm³/mol. The highest BCUT2D eigenvalue weighted by atomic mass is 16.5. The first-order valence-corrected chi connectivity index (χ1v) is 12.8. The molecule has 0 aromatic heterocycles. The third-order valence-corrected chi connectivity index (χ3v) is 6.26. The number of ether oxygens (including phenoxy) is 3. The van der Waals surface area contributed by atoms with E-state index in [9.17, 15) is 4.79 Å². The molecular weight excluding hydrogens is 442 g/mol. The molecule has 2 amide bonds. The second-order valence-corrected chi connectivity index (χ2v) is 8.89. The van der Waals surface area contributed by atoms with Crippen LogP contribution in [0, 0.1) is 0 Å². The van der Waals surface area contributed by atoms with Crippen LogP contribution in [0.2, 0.25) is 0 Å². The van der Waals surface area contributed by atoms with Crippen LogP contribution < -0.4 is 25.0 Å².